The van der Waals surface area contributed by atoms with Crippen molar-refractivity contribution in [2.75, 3.05) is 19.5 Å². The molecule has 1 atom stereocenters. The zero-order valence-corrected chi connectivity index (χ0v) is 13.1. The molecule has 0 radical (unpaired) electrons. The molecule has 2 aromatic rings. The number of aryl methyl sites for hydroxylation is 1. The molecule has 2 N–H and O–H groups in total. The molecule has 0 spiro atoms. The van der Waals surface area contributed by atoms with Crippen molar-refractivity contribution in [1.29, 1.82) is 0 Å². The Labute approximate surface area is 129 Å². The monoisotopic (exact) mass is 304 g/mol. The van der Waals surface area contributed by atoms with E-state index in [0.717, 1.165) is 5.76 Å². The smallest absolute Gasteiger partial charge is 0.319 e. The number of urea groups is 1. The Morgan fingerprint density at radius 2 is 1.77 bits per heavy atom. The van der Waals surface area contributed by atoms with Crippen molar-refractivity contribution in [1.82, 2.24) is 5.32 Å². The molecule has 22 heavy (non-hydrogen) atoms. The second-order valence-corrected chi connectivity index (χ2v) is 4.87. The van der Waals surface area contributed by atoms with Crippen molar-refractivity contribution in [3.05, 3.63) is 41.9 Å². The molecule has 0 fully saturated rings. The van der Waals surface area contributed by atoms with Crippen LogP contribution in [0.4, 0.5) is 10.5 Å². The predicted octanol–water partition coefficient (Wildman–Crippen LogP) is 3.49. The summed E-state index contributed by atoms with van der Waals surface area (Å²) in [6.07, 6.45) is 0. The maximum absolute atomic E-state index is 12.1. The van der Waals surface area contributed by atoms with Crippen molar-refractivity contribution < 1.29 is 18.7 Å². The molecule has 6 heteroatoms. The van der Waals surface area contributed by atoms with E-state index < -0.39 is 0 Å². The van der Waals surface area contributed by atoms with Crippen LogP contribution in [0.15, 0.2) is 34.7 Å². The fraction of sp³-hybridized carbons (Fsp3) is 0.312. The molecule has 0 saturated heterocycles. The summed E-state index contributed by atoms with van der Waals surface area (Å²) in [5.41, 5.74) is 0.580. The van der Waals surface area contributed by atoms with Crippen LogP contribution in [0.1, 0.15) is 24.5 Å². The third-order valence-corrected chi connectivity index (χ3v) is 3.14. The highest BCUT2D eigenvalue weighted by Gasteiger charge is 2.13. The van der Waals surface area contributed by atoms with Crippen LogP contribution in [0, 0.1) is 6.92 Å². The molecule has 1 aromatic heterocycles. The van der Waals surface area contributed by atoms with Gasteiger partial charge in [0.05, 0.1) is 20.3 Å². The van der Waals surface area contributed by atoms with Crippen LogP contribution in [0.5, 0.6) is 11.5 Å². The largest absolute Gasteiger partial charge is 0.497 e. The molecule has 118 valence electrons. The summed E-state index contributed by atoms with van der Waals surface area (Å²) in [5.74, 6) is 2.71. The van der Waals surface area contributed by atoms with Gasteiger partial charge in [-0.1, -0.05) is 0 Å². The Morgan fingerprint density at radius 1 is 1.14 bits per heavy atom. The molecule has 0 bridgehead atoms. The molecule has 0 aliphatic rings. The lowest BCUT2D eigenvalue weighted by atomic mass is 10.2. The Balaban J connectivity index is 2.02. The molecule has 0 saturated carbocycles. The molecular weight excluding hydrogens is 284 g/mol. The van der Waals surface area contributed by atoms with E-state index in [2.05, 4.69) is 10.6 Å². The molecule has 2 amide bonds. The third-order valence-electron chi connectivity index (χ3n) is 3.14. The normalized spacial score (nSPS) is 11.6. The van der Waals surface area contributed by atoms with Crippen LogP contribution in [-0.4, -0.2) is 20.3 Å². The first-order chi connectivity index (χ1) is 10.5. The Hall–Kier alpha value is -2.63. The van der Waals surface area contributed by atoms with Gasteiger partial charge >= 0.3 is 6.03 Å². The van der Waals surface area contributed by atoms with E-state index in [-0.39, 0.29) is 12.1 Å². The quantitative estimate of drug-likeness (QED) is 0.887. The lowest BCUT2D eigenvalue weighted by Gasteiger charge is -2.14. The van der Waals surface area contributed by atoms with Gasteiger partial charge in [0.25, 0.3) is 0 Å². The average Bonchev–Trinajstić information content (AvgIpc) is 2.93. The van der Waals surface area contributed by atoms with Crippen molar-refractivity contribution in [3.63, 3.8) is 0 Å². The molecule has 1 heterocycles. The number of ether oxygens (including phenoxy) is 2. The zero-order chi connectivity index (χ0) is 16.1. The van der Waals surface area contributed by atoms with Gasteiger partial charge in [0.1, 0.15) is 23.0 Å². The highest BCUT2D eigenvalue weighted by atomic mass is 16.5. The fourth-order valence-electron chi connectivity index (χ4n) is 2.00. The van der Waals surface area contributed by atoms with Gasteiger partial charge in [0.15, 0.2) is 0 Å². The van der Waals surface area contributed by atoms with Gasteiger partial charge < -0.3 is 24.5 Å². The number of rotatable bonds is 5. The van der Waals surface area contributed by atoms with Crippen molar-refractivity contribution >= 4 is 11.7 Å². The second-order valence-electron chi connectivity index (χ2n) is 4.87. The van der Waals surface area contributed by atoms with Gasteiger partial charge in [0.2, 0.25) is 0 Å². The second kappa shape index (κ2) is 6.89. The molecule has 0 aliphatic heterocycles. The maximum Gasteiger partial charge on any atom is 0.319 e. The lowest BCUT2D eigenvalue weighted by Crippen LogP contribution is -2.30. The minimum atomic E-state index is -0.336. The minimum Gasteiger partial charge on any atom is -0.497 e. The summed E-state index contributed by atoms with van der Waals surface area (Å²) in [6, 6.07) is 8.29. The van der Waals surface area contributed by atoms with E-state index in [9.17, 15) is 4.79 Å². The molecule has 2 rings (SSSR count). The molecular formula is C16H20N2O4. The number of furan rings is 1. The van der Waals surface area contributed by atoms with Crippen molar-refractivity contribution in [2.45, 2.75) is 19.9 Å². The lowest BCUT2D eigenvalue weighted by molar-refractivity contribution is 0.247. The summed E-state index contributed by atoms with van der Waals surface area (Å²) >= 11 is 0. The summed E-state index contributed by atoms with van der Waals surface area (Å²) in [6.45, 7) is 3.71. The first-order valence-corrected chi connectivity index (χ1v) is 6.88. The number of carbonyl (C=O) groups is 1. The number of amides is 2. The van der Waals surface area contributed by atoms with Gasteiger partial charge in [-0.05, 0) is 26.0 Å². The number of methoxy groups -OCH3 is 2. The summed E-state index contributed by atoms with van der Waals surface area (Å²) < 4.78 is 15.8. The van der Waals surface area contributed by atoms with Gasteiger partial charge in [-0.3, -0.25) is 0 Å². The Kier molecular flexibility index (Phi) is 4.93. The van der Waals surface area contributed by atoms with Gasteiger partial charge in [0, 0.05) is 23.9 Å². The fourth-order valence-corrected chi connectivity index (χ4v) is 2.00. The van der Waals surface area contributed by atoms with E-state index in [1.165, 1.54) is 0 Å². The third kappa shape index (κ3) is 3.94. The van der Waals surface area contributed by atoms with Crippen LogP contribution in [-0.2, 0) is 0 Å². The van der Waals surface area contributed by atoms with Crippen LogP contribution >= 0.6 is 0 Å². The summed E-state index contributed by atoms with van der Waals surface area (Å²) in [7, 11) is 3.11. The highest BCUT2D eigenvalue weighted by Crippen LogP contribution is 2.25. The van der Waals surface area contributed by atoms with E-state index in [0.29, 0.717) is 22.9 Å². The molecule has 1 unspecified atom stereocenters. The maximum atomic E-state index is 12.1. The topological polar surface area (TPSA) is 72.7 Å². The number of hydrogen-bond donors (Lipinski definition) is 2. The summed E-state index contributed by atoms with van der Waals surface area (Å²) in [4.78, 5) is 12.1. The van der Waals surface area contributed by atoms with Crippen LogP contribution in [0.3, 0.4) is 0 Å². The van der Waals surface area contributed by atoms with Gasteiger partial charge in [-0.2, -0.15) is 0 Å². The van der Waals surface area contributed by atoms with Crippen LogP contribution < -0.4 is 20.1 Å². The average molecular weight is 304 g/mol. The number of nitrogens with one attached hydrogen (secondary N) is 2. The number of carbonyl (C=O) groups excluding carboxylic acids is 1. The Morgan fingerprint density at radius 3 is 2.27 bits per heavy atom. The number of benzene rings is 1. The highest BCUT2D eigenvalue weighted by molar-refractivity contribution is 5.90. The molecule has 1 aromatic carbocycles. The zero-order valence-electron chi connectivity index (χ0n) is 13.1. The molecule has 0 aliphatic carbocycles. The van der Waals surface area contributed by atoms with Gasteiger partial charge in [-0.25, -0.2) is 4.79 Å². The van der Waals surface area contributed by atoms with Crippen LogP contribution in [0.2, 0.25) is 0 Å². The van der Waals surface area contributed by atoms with E-state index in [1.54, 1.807) is 32.4 Å². The van der Waals surface area contributed by atoms with Crippen molar-refractivity contribution in [2.24, 2.45) is 0 Å². The Bertz CT molecular complexity index is 629. The number of anilines is 1. The molecule has 6 nitrogen and oxygen atoms in total. The predicted molar refractivity (Wildman–Crippen MR) is 83.6 cm³/mol. The SMILES string of the molecule is COc1cc(NC(=O)NC(C)c2ccc(C)o2)cc(OC)c1. The van der Waals surface area contributed by atoms with E-state index in [1.807, 2.05) is 26.0 Å². The van der Waals surface area contributed by atoms with Crippen LogP contribution in [0.25, 0.3) is 0 Å². The standard InChI is InChI=1S/C16H20N2O4/c1-10-5-6-15(22-10)11(2)17-16(19)18-12-7-13(20-3)9-14(8-12)21-4/h5-9,11H,1-4H3,(H2,17,18,19). The van der Waals surface area contributed by atoms with Gasteiger partial charge in [-0.15, -0.1) is 0 Å². The van der Waals surface area contributed by atoms with E-state index in [4.69, 9.17) is 13.9 Å². The van der Waals surface area contributed by atoms with Crippen molar-refractivity contribution in [3.8, 4) is 11.5 Å². The number of hydrogen-bond acceptors (Lipinski definition) is 4. The van der Waals surface area contributed by atoms with E-state index >= 15 is 0 Å². The first-order valence-electron chi connectivity index (χ1n) is 6.88. The summed E-state index contributed by atoms with van der Waals surface area (Å²) in [5, 5.41) is 5.55. The minimum absolute atomic E-state index is 0.235. The first kappa shape index (κ1) is 15.8.